The standard InChI is InChI=1S/C21H33NO6/c1-4-7-9-11-13-18(23)22(19(24)14-12-10-8-5-2)17(16-20(25)26)21(27)28-15-6-3/h9-12,17H,4-8,13-16H2,1-3H3,(H,25,26)/b11-9+,12-10+. The van der Waals surface area contributed by atoms with Crippen molar-refractivity contribution in [2.24, 2.45) is 0 Å². The predicted octanol–water partition coefficient (Wildman–Crippen LogP) is 3.63. The highest BCUT2D eigenvalue weighted by Crippen LogP contribution is 2.13. The van der Waals surface area contributed by atoms with E-state index in [1.54, 1.807) is 19.1 Å². The zero-order valence-electron chi connectivity index (χ0n) is 17.2. The van der Waals surface area contributed by atoms with Crippen LogP contribution in [-0.2, 0) is 23.9 Å². The van der Waals surface area contributed by atoms with Crippen LogP contribution in [0.1, 0.15) is 72.1 Å². The van der Waals surface area contributed by atoms with Crippen molar-refractivity contribution in [2.45, 2.75) is 78.2 Å². The van der Waals surface area contributed by atoms with Crippen molar-refractivity contribution in [2.75, 3.05) is 6.61 Å². The van der Waals surface area contributed by atoms with Crippen molar-refractivity contribution in [3.63, 3.8) is 0 Å². The van der Waals surface area contributed by atoms with Crippen LogP contribution in [0.25, 0.3) is 0 Å². The molecule has 0 spiro atoms. The molecular formula is C21H33NO6. The smallest absolute Gasteiger partial charge is 0.329 e. The molecule has 0 bridgehead atoms. The first-order valence-corrected chi connectivity index (χ1v) is 9.92. The third-order valence-electron chi connectivity index (χ3n) is 3.77. The minimum Gasteiger partial charge on any atom is -0.481 e. The van der Waals surface area contributed by atoms with Gasteiger partial charge in [-0.05, 0) is 19.3 Å². The molecule has 158 valence electrons. The number of unbranched alkanes of at least 4 members (excludes halogenated alkanes) is 2. The Morgan fingerprint density at radius 1 is 0.857 bits per heavy atom. The molecule has 0 aliphatic carbocycles. The molecule has 0 aromatic rings. The Morgan fingerprint density at radius 2 is 1.36 bits per heavy atom. The number of allylic oxidation sites excluding steroid dienone is 2. The Bertz CT molecular complexity index is 537. The van der Waals surface area contributed by atoms with Gasteiger partial charge in [0.25, 0.3) is 0 Å². The fourth-order valence-electron chi connectivity index (χ4n) is 2.37. The second-order valence-corrected chi connectivity index (χ2v) is 6.37. The molecule has 1 N–H and O–H groups in total. The van der Waals surface area contributed by atoms with Crippen LogP contribution in [0, 0.1) is 0 Å². The molecule has 0 aromatic carbocycles. The van der Waals surface area contributed by atoms with Crippen LogP contribution in [0.3, 0.4) is 0 Å². The molecule has 0 saturated carbocycles. The first-order valence-electron chi connectivity index (χ1n) is 9.92. The summed E-state index contributed by atoms with van der Waals surface area (Å²) in [4.78, 5) is 49.7. The van der Waals surface area contributed by atoms with Crippen LogP contribution < -0.4 is 0 Å². The molecule has 7 nitrogen and oxygen atoms in total. The highest BCUT2D eigenvalue weighted by molar-refractivity contribution is 6.01. The molecule has 28 heavy (non-hydrogen) atoms. The Morgan fingerprint density at radius 3 is 1.75 bits per heavy atom. The quantitative estimate of drug-likeness (QED) is 0.356. The lowest BCUT2D eigenvalue weighted by molar-refractivity contribution is -0.163. The van der Waals surface area contributed by atoms with Gasteiger partial charge in [-0.3, -0.25) is 19.3 Å². The highest BCUT2D eigenvalue weighted by Gasteiger charge is 2.36. The number of hydrogen-bond donors (Lipinski definition) is 1. The number of hydrogen-bond acceptors (Lipinski definition) is 5. The molecule has 0 radical (unpaired) electrons. The summed E-state index contributed by atoms with van der Waals surface area (Å²) >= 11 is 0. The second kappa shape index (κ2) is 15.6. The van der Waals surface area contributed by atoms with Gasteiger partial charge in [-0.1, -0.05) is 57.9 Å². The van der Waals surface area contributed by atoms with E-state index in [4.69, 9.17) is 4.74 Å². The Balaban J connectivity index is 5.56. The van der Waals surface area contributed by atoms with E-state index < -0.39 is 36.2 Å². The number of nitrogens with zero attached hydrogens (tertiary/aromatic N) is 1. The molecular weight excluding hydrogens is 362 g/mol. The minimum absolute atomic E-state index is 0.0818. The van der Waals surface area contributed by atoms with Crippen LogP contribution >= 0.6 is 0 Å². The fourth-order valence-corrected chi connectivity index (χ4v) is 2.37. The number of imide groups is 1. The Labute approximate surface area is 167 Å². The average Bonchev–Trinajstić information content (AvgIpc) is 2.65. The van der Waals surface area contributed by atoms with Gasteiger partial charge < -0.3 is 9.84 Å². The maximum Gasteiger partial charge on any atom is 0.329 e. The first-order chi connectivity index (χ1) is 13.4. The van der Waals surface area contributed by atoms with Gasteiger partial charge in [-0.15, -0.1) is 0 Å². The summed E-state index contributed by atoms with van der Waals surface area (Å²) in [7, 11) is 0. The highest BCUT2D eigenvalue weighted by atomic mass is 16.5. The molecule has 0 rings (SSSR count). The number of carbonyl (C=O) groups is 4. The van der Waals surface area contributed by atoms with E-state index in [9.17, 15) is 24.3 Å². The number of carbonyl (C=O) groups excluding carboxylic acids is 3. The van der Waals surface area contributed by atoms with Crippen molar-refractivity contribution in [1.82, 2.24) is 4.90 Å². The minimum atomic E-state index is -1.47. The van der Waals surface area contributed by atoms with Gasteiger partial charge in [0.1, 0.15) is 6.04 Å². The summed E-state index contributed by atoms with van der Waals surface area (Å²) in [5, 5.41) is 9.18. The van der Waals surface area contributed by atoms with E-state index >= 15 is 0 Å². The van der Waals surface area contributed by atoms with Gasteiger partial charge in [-0.25, -0.2) is 4.79 Å². The van der Waals surface area contributed by atoms with E-state index in [0.29, 0.717) is 6.42 Å². The molecule has 0 aliphatic rings. The topological polar surface area (TPSA) is 101 Å². The van der Waals surface area contributed by atoms with Crippen LogP contribution in [0.5, 0.6) is 0 Å². The molecule has 0 fully saturated rings. The van der Waals surface area contributed by atoms with E-state index in [2.05, 4.69) is 0 Å². The van der Waals surface area contributed by atoms with Crippen LogP contribution in [0.2, 0.25) is 0 Å². The summed E-state index contributed by atoms with van der Waals surface area (Å²) in [6.07, 6.45) is 10.0. The van der Waals surface area contributed by atoms with Gasteiger partial charge >= 0.3 is 11.9 Å². The van der Waals surface area contributed by atoms with E-state index in [-0.39, 0.29) is 19.4 Å². The average molecular weight is 395 g/mol. The Kier molecular flexibility index (Phi) is 14.2. The molecule has 0 aromatic heterocycles. The van der Waals surface area contributed by atoms with Gasteiger partial charge in [0.2, 0.25) is 11.8 Å². The number of amides is 2. The number of rotatable bonds is 14. The number of esters is 1. The van der Waals surface area contributed by atoms with Gasteiger partial charge in [0.15, 0.2) is 0 Å². The first kappa shape index (κ1) is 25.6. The lowest BCUT2D eigenvalue weighted by Crippen LogP contribution is -2.50. The van der Waals surface area contributed by atoms with Crippen molar-refractivity contribution < 1.29 is 29.0 Å². The molecule has 0 saturated heterocycles. The Hall–Kier alpha value is -2.44. The SMILES string of the molecule is CCC/C=C/CC(=O)N(C(=O)C/C=C/CCC)C(CC(=O)O)C(=O)OCCC. The third kappa shape index (κ3) is 10.6. The number of carboxylic acid groups (broad SMARTS) is 1. The third-order valence-corrected chi connectivity index (χ3v) is 3.77. The molecule has 7 heteroatoms. The summed E-state index contributed by atoms with van der Waals surface area (Å²) in [5.41, 5.74) is 0. The summed E-state index contributed by atoms with van der Waals surface area (Å²) < 4.78 is 5.04. The van der Waals surface area contributed by atoms with Crippen molar-refractivity contribution in [3.05, 3.63) is 24.3 Å². The summed E-state index contributed by atoms with van der Waals surface area (Å²) in [6, 6.07) is -1.47. The van der Waals surface area contributed by atoms with Crippen molar-refractivity contribution in [3.8, 4) is 0 Å². The molecule has 1 unspecified atom stereocenters. The molecule has 2 amide bonds. The lowest BCUT2D eigenvalue weighted by atomic mass is 10.1. The number of carboxylic acids is 1. The van der Waals surface area contributed by atoms with Crippen molar-refractivity contribution in [1.29, 1.82) is 0 Å². The maximum atomic E-state index is 12.7. The monoisotopic (exact) mass is 395 g/mol. The summed E-state index contributed by atoms with van der Waals surface area (Å²) in [6.45, 7) is 5.89. The van der Waals surface area contributed by atoms with Crippen LogP contribution in [0.15, 0.2) is 24.3 Å². The largest absolute Gasteiger partial charge is 0.481 e. The second-order valence-electron chi connectivity index (χ2n) is 6.37. The van der Waals surface area contributed by atoms with Crippen LogP contribution in [0.4, 0.5) is 0 Å². The predicted molar refractivity (Wildman–Crippen MR) is 106 cm³/mol. The zero-order valence-corrected chi connectivity index (χ0v) is 17.2. The maximum absolute atomic E-state index is 12.7. The van der Waals surface area contributed by atoms with Crippen molar-refractivity contribution >= 4 is 23.8 Å². The summed E-state index contributed by atoms with van der Waals surface area (Å²) in [5.74, 6) is -3.38. The normalized spacial score (nSPS) is 12.2. The molecule has 0 heterocycles. The lowest BCUT2D eigenvalue weighted by Gasteiger charge is -2.27. The van der Waals surface area contributed by atoms with Gasteiger partial charge in [0.05, 0.1) is 13.0 Å². The van der Waals surface area contributed by atoms with Gasteiger partial charge in [-0.2, -0.15) is 0 Å². The van der Waals surface area contributed by atoms with Crippen LogP contribution in [-0.4, -0.2) is 46.4 Å². The molecule has 1 atom stereocenters. The number of ether oxygens (including phenoxy) is 1. The van der Waals surface area contributed by atoms with E-state index in [1.165, 1.54) is 0 Å². The van der Waals surface area contributed by atoms with E-state index in [1.807, 2.05) is 26.0 Å². The van der Waals surface area contributed by atoms with E-state index in [0.717, 1.165) is 30.6 Å². The molecule has 0 aliphatic heterocycles. The van der Waals surface area contributed by atoms with Gasteiger partial charge in [0, 0.05) is 12.8 Å². The zero-order chi connectivity index (χ0) is 21.4. The number of aliphatic carboxylic acids is 1. The fraction of sp³-hybridized carbons (Fsp3) is 0.619.